The predicted molar refractivity (Wildman–Crippen MR) is 95.9 cm³/mol. The van der Waals surface area contributed by atoms with Crippen LogP contribution in [-0.4, -0.2) is 53.8 Å². The number of nitrogens with zero attached hydrogens (tertiary/aromatic N) is 4. The molecule has 2 fully saturated rings. The molecule has 24 heavy (non-hydrogen) atoms. The molecule has 0 unspecified atom stereocenters. The van der Waals surface area contributed by atoms with Gasteiger partial charge in [0.05, 0.1) is 6.54 Å². The number of nitrogens with one attached hydrogen (secondary N) is 1. The van der Waals surface area contributed by atoms with Crippen molar-refractivity contribution >= 4 is 5.96 Å². The number of hydrogen-bond acceptors (Lipinski definition) is 3. The van der Waals surface area contributed by atoms with E-state index >= 15 is 0 Å². The number of ether oxygens (including phenoxy) is 1. The summed E-state index contributed by atoms with van der Waals surface area (Å²) in [5.74, 6) is 2.69. The van der Waals surface area contributed by atoms with Gasteiger partial charge in [-0.2, -0.15) is 0 Å². The molecule has 2 saturated heterocycles. The van der Waals surface area contributed by atoms with Gasteiger partial charge in [-0.05, 0) is 30.6 Å². The minimum absolute atomic E-state index is 0.436. The Morgan fingerprint density at radius 3 is 2.88 bits per heavy atom. The lowest BCUT2D eigenvalue weighted by atomic mass is 9.80. The second kappa shape index (κ2) is 7.55. The number of guanidine groups is 1. The molecule has 0 aromatic carbocycles. The molecular weight excluding hydrogens is 302 g/mol. The van der Waals surface area contributed by atoms with Crippen molar-refractivity contribution in [3.63, 3.8) is 0 Å². The van der Waals surface area contributed by atoms with E-state index in [2.05, 4.69) is 44.8 Å². The minimum atomic E-state index is 0.436. The van der Waals surface area contributed by atoms with E-state index in [1.807, 2.05) is 13.2 Å². The van der Waals surface area contributed by atoms with E-state index in [1.54, 1.807) is 0 Å². The Hall–Kier alpha value is -1.56. The molecule has 6 nitrogen and oxygen atoms in total. The minimum Gasteiger partial charge on any atom is -0.381 e. The molecule has 2 aliphatic heterocycles. The van der Waals surface area contributed by atoms with Crippen molar-refractivity contribution in [2.45, 2.75) is 46.2 Å². The van der Waals surface area contributed by atoms with Crippen molar-refractivity contribution in [1.82, 2.24) is 19.8 Å². The second-order valence-corrected chi connectivity index (χ2v) is 7.57. The van der Waals surface area contributed by atoms with Gasteiger partial charge in [-0.1, -0.05) is 13.8 Å². The highest BCUT2D eigenvalue weighted by Crippen LogP contribution is 2.39. The van der Waals surface area contributed by atoms with Crippen LogP contribution in [0.5, 0.6) is 0 Å². The third kappa shape index (κ3) is 3.91. The Labute approximate surface area is 145 Å². The lowest BCUT2D eigenvalue weighted by molar-refractivity contribution is 0.0217. The Morgan fingerprint density at radius 1 is 1.38 bits per heavy atom. The second-order valence-electron chi connectivity index (χ2n) is 7.57. The molecule has 134 valence electrons. The van der Waals surface area contributed by atoms with Crippen LogP contribution < -0.4 is 5.32 Å². The van der Waals surface area contributed by atoms with Gasteiger partial charge in [0.25, 0.3) is 0 Å². The molecule has 0 bridgehead atoms. The van der Waals surface area contributed by atoms with Crippen LogP contribution >= 0.6 is 0 Å². The van der Waals surface area contributed by atoms with Gasteiger partial charge in [-0.3, -0.25) is 4.99 Å². The van der Waals surface area contributed by atoms with Gasteiger partial charge in [0.1, 0.15) is 5.82 Å². The van der Waals surface area contributed by atoms with Gasteiger partial charge in [0, 0.05) is 52.3 Å². The van der Waals surface area contributed by atoms with Crippen LogP contribution in [0.15, 0.2) is 17.4 Å². The van der Waals surface area contributed by atoms with Crippen molar-refractivity contribution in [2.24, 2.45) is 16.3 Å². The van der Waals surface area contributed by atoms with Gasteiger partial charge in [-0.15, -0.1) is 0 Å². The standard InChI is InChI=1S/C18H31N5O/c1-15(2)13-22-9-7-20-16(22)12-21-17(19-3)23-8-4-18(14-23)5-10-24-11-6-18/h7,9,15H,4-6,8,10-14H2,1-3H3,(H,19,21). The zero-order valence-corrected chi connectivity index (χ0v) is 15.3. The van der Waals surface area contributed by atoms with Crippen molar-refractivity contribution < 1.29 is 4.74 Å². The summed E-state index contributed by atoms with van der Waals surface area (Å²) in [6.45, 7) is 10.2. The van der Waals surface area contributed by atoms with Gasteiger partial charge in [-0.25, -0.2) is 4.98 Å². The fraction of sp³-hybridized carbons (Fsp3) is 0.778. The number of aliphatic imine (C=N–C) groups is 1. The summed E-state index contributed by atoms with van der Waals surface area (Å²) in [6.07, 6.45) is 7.55. The number of hydrogen-bond donors (Lipinski definition) is 1. The molecule has 1 N–H and O–H groups in total. The first kappa shape index (κ1) is 17.3. The van der Waals surface area contributed by atoms with Crippen molar-refractivity contribution in [2.75, 3.05) is 33.4 Å². The predicted octanol–water partition coefficient (Wildman–Crippen LogP) is 2.12. The summed E-state index contributed by atoms with van der Waals surface area (Å²) < 4.78 is 7.78. The maximum atomic E-state index is 5.54. The maximum absolute atomic E-state index is 5.54. The van der Waals surface area contributed by atoms with Crippen LogP contribution in [0.2, 0.25) is 0 Å². The molecule has 3 heterocycles. The highest BCUT2D eigenvalue weighted by Gasteiger charge is 2.40. The third-order valence-electron chi connectivity index (χ3n) is 5.27. The average molecular weight is 333 g/mol. The van der Waals surface area contributed by atoms with Crippen molar-refractivity contribution in [1.29, 1.82) is 0 Å². The zero-order chi connectivity index (χ0) is 17.0. The Bertz CT molecular complexity index is 560. The van der Waals surface area contributed by atoms with Crippen LogP contribution in [0, 0.1) is 11.3 Å². The summed E-state index contributed by atoms with van der Waals surface area (Å²) in [7, 11) is 1.87. The maximum Gasteiger partial charge on any atom is 0.194 e. The Morgan fingerprint density at radius 2 is 2.17 bits per heavy atom. The number of rotatable bonds is 4. The Balaban J connectivity index is 1.57. The van der Waals surface area contributed by atoms with Gasteiger partial charge in [0.2, 0.25) is 0 Å². The molecule has 1 aromatic heterocycles. The molecule has 1 aromatic rings. The molecule has 3 rings (SSSR count). The smallest absolute Gasteiger partial charge is 0.194 e. The van der Waals surface area contributed by atoms with Gasteiger partial charge < -0.3 is 19.5 Å². The summed E-state index contributed by atoms with van der Waals surface area (Å²) in [6, 6.07) is 0. The largest absolute Gasteiger partial charge is 0.381 e. The number of imidazole rings is 1. The molecule has 0 saturated carbocycles. The van der Waals surface area contributed by atoms with Gasteiger partial charge in [0.15, 0.2) is 5.96 Å². The molecule has 6 heteroatoms. The van der Waals surface area contributed by atoms with E-state index in [1.165, 1.54) is 19.3 Å². The molecule has 0 amide bonds. The van der Waals surface area contributed by atoms with Crippen molar-refractivity contribution in [3.05, 3.63) is 18.2 Å². The summed E-state index contributed by atoms with van der Waals surface area (Å²) in [4.78, 5) is 11.4. The molecule has 1 spiro atoms. The first-order valence-electron chi connectivity index (χ1n) is 9.15. The Kier molecular flexibility index (Phi) is 5.43. The van der Waals surface area contributed by atoms with E-state index in [-0.39, 0.29) is 0 Å². The third-order valence-corrected chi connectivity index (χ3v) is 5.27. The lowest BCUT2D eigenvalue weighted by Crippen LogP contribution is -2.42. The topological polar surface area (TPSA) is 54.7 Å². The van der Waals surface area contributed by atoms with Crippen LogP contribution in [0.4, 0.5) is 0 Å². The number of likely N-dealkylation sites (tertiary alicyclic amines) is 1. The number of aromatic nitrogens is 2. The first-order chi connectivity index (χ1) is 11.6. The van der Waals surface area contributed by atoms with Crippen molar-refractivity contribution in [3.8, 4) is 0 Å². The van der Waals surface area contributed by atoms with E-state index in [0.29, 0.717) is 11.3 Å². The van der Waals surface area contributed by atoms with E-state index in [4.69, 9.17) is 4.74 Å². The zero-order valence-electron chi connectivity index (χ0n) is 15.3. The summed E-state index contributed by atoms with van der Waals surface area (Å²) in [5.41, 5.74) is 0.436. The highest BCUT2D eigenvalue weighted by molar-refractivity contribution is 5.80. The lowest BCUT2D eigenvalue weighted by Gasteiger charge is -2.33. The molecule has 0 atom stereocenters. The van der Waals surface area contributed by atoms with Gasteiger partial charge >= 0.3 is 0 Å². The molecule has 0 aliphatic carbocycles. The fourth-order valence-electron chi connectivity index (χ4n) is 3.89. The average Bonchev–Trinajstić information content (AvgIpc) is 3.16. The monoisotopic (exact) mass is 333 g/mol. The van der Waals surface area contributed by atoms with Crippen LogP contribution in [-0.2, 0) is 17.8 Å². The van der Waals surface area contributed by atoms with Crippen LogP contribution in [0.25, 0.3) is 0 Å². The molecular formula is C18H31N5O. The van der Waals surface area contributed by atoms with Crippen LogP contribution in [0.3, 0.4) is 0 Å². The first-order valence-corrected chi connectivity index (χ1v) is 9.15. The SMILES string of the molecule is CN=C(NCc1nccn1CC(C)C)N1CCC2(CCOCC2)C1. The quantitative estimate of drug-likeness (QED) is 0.677. The highest BCUT2D eigenvalue weighted by atomic mass is 16.5. The summed E-state index contributed by atoms with van der Waals surface area (Å²) >= 11 is 0. The van der Waals surface area contributed by atoms with Crippen LogP contribution in [0.1, 0.15) is 38.9 Å². The summed E-state index contributed by atoms with van der Waals surface area (Å²) in [5, 5.41) is 3.51. The van der Waals surface area contributed by atoms with E-state index < -0.39 is 0 Å². The van der Waals surface area contributed by atoms with E-state index in [0.717, 1.165) is 51.2 Å². The van der Waals surface area contributed by atoms with E-state index in [9.17, 15) is 0 Å². The molecule has 0 radical (unpaired) electrons. The fourth-order valence-corrected chi connectivity index (χ4v) is 3.89. The molecule has 2 aliphatic rings. The normalized spacial score (nSPS) is 21.0.